The quantitative estimate of drug-likeness (QED) is 0.868. The number of aromatic nitrogens is 2. The minimum absolute atomic E-state index is 0.136. The van der Waals surface area contributed by atoms with Gasteiger partial charge < -0.3 is 10.0 Å². The lowest BCUT2D eigenvalue weighted by Crippen LogP contribution is -2.46. The zero-order valence-corrected chi connectivity index (χ0v) is 16.1. The first-order valence-corrected chi connectivity index (χ1v) is 10.4. The van der Waals surface area contributed by atoms with Gasteiger partial charge in [-0.05, 0) is 50.6 Å². The molecule has 4 rings (SSSR count). The van der Waals surface area contributed by atoms with E-state index in [1.165, 1.54) is 35.1 Å². The summed E-state index contributed by atoms with van der Waals surface area (Å²) in [6.45, 7) is 4.82. The lowest BCUT2D eigenvalue weighted by Gasteiger charge is -2.38. The van der Waals surface area contributed by atoms with Crippen molar-refractivity contribution >= 4 is 33.3 Å². The number of carbonyl (C=O) groups is 1. The summed E-state index contributed by atoms with van der Waals surface area (Å²) < 4.78 is 0. The molecule has 0 saturated carbocycles. The predicted octanol–water partition coefficient (Wildman–Crippen LogP) is 2.95. The Balaban J connectivity index is 1.55. The van der Waals surface area contributed by atoms with Crippen molar-refractivity contribution in [3.8, 4) is 0 Å². The molecular formula is C19H26N4O2S. The highest BCUT2D eigenvalue weighted by molar-refractivity contribution is 7.19. The third-order valence-corrected chi connectivity index (χ3v) is 6.96. The van der Waals surface area contributed by atoms with Gasteiger partial charge in [0.1, 0.15) is 17.0 Å². The molecule has 1 N–H and O–H groups in total. The minimum Gasteiger partial charge on any atom is -0.480 e. The zero-order chi connectivity index (χ0) is 18.1. The summed E-state index contributed by atoms with van der Waals surface area (Å²) in [5.74, 6) is 0.353. The maximum atomic E-state index is 11.1. The Morgan fingerprint density at radius 2 is 2.08 bits per heavy atom. The molecule has 2 aromatic heterocycles. The van der Waals surface area contributed by atoms with Crippen molar-refractivity contribution in [3.05, 3.63) is 16.8 Å². The van der Waals surface area contributed by atoms with Gasteiger partial charge in [0.15, 0.2) is 0 Å². The van der Waals surface area contributed by atoms with Crippen LogP contribution in [-0.2, 0) is 17.6 Å². The van der Waals surface area contributed by atoms with Gasteiger partial charge in [-0.3, -0.25) is 9.69 Å². The van der Waals surface area contributed by atoms with Gasteiger partial charge in [-0.25, -0.2) is 9.97 Å². The summed E-state index contributed by atoms with van der Waals surface area (Å²) in [6, 6.07) is 0.348. The summed E-state index contributed by atoms with van der Waals surface area (Å²) in [7, 11) is 0. The number of thiophene rings is 1. The molecule has 0 spiro atoms. The Hall–Kier alpha value is -1.73. The molecular weight excluding hydrogens is 348 g/mol. The maximum absolute atomic E-state index is 11.1. The molecule has 1 aliphatic carbocycles. The SMILES string of the molecule is CCN(CC(=O)O)C1CCN(c2ncnc3sc4c(c23)CCCC4)CC1. The van der Waals surface area contributed by atoms with Gasteiger partial charge in [-0.15, -0.1) is 11.3 Å². The van der Waals surface area contributed by atoms with Crippen LogP contribution in [0.4, 0.5) is 5.82 Å². The largest absolute Gasteiger partial charge is 0.480 e. The number of aryl methyl sites for hydroxylation is 2. The number of nitrogens with zero attached hydrogens (tertiary/aromatic N) is 4. The van der Waals surface area contributed by atoms with E-state index in [0.717, 1.165) is 49.5 Å². The van der Waals surface area contributed by atoms with E-state index in [9.17, 15) is 4.79 Å². The van der Waals surface area contributed by atoms with Crippen molar-refractivity contribution in [2.45, 2.75) is 51.5 Å². The Morgan fingerprint density at radius 1 is 1.31 bits per heavy atom. The monoisotopic (exact) mass is 374 g/mol. The zero-order valence-electron chi connectivity index (χ0n) is 15.3. The Bertz CT molecular complexity index is 798. The fourth-order valence-electron chi connectivity index (χ4n) is 4.43. The van der Waals surface area contributed by atoms with Crippen LogP contribution in [-0.4, -0.2) is 58.2 Å². The van der Waals surface area contributed by atoms with Gasteiger partial charge in [0.05, 0.1) is 11.9 Å². The van der Waals surface area contributed by atoms with Gasteiger partial charge >= 0.3 is 5.97 Å². The van der Waals surface area contributed by atoms with Crippen LogP contribution in [0.25, 0.3) is 10.2 Å². The smallest absolute Gasteiger partial charge is 0.317 e. The predicted molar refractivity (Wildman–Crippen MR) is 104 cm³/mol. The van der Waals surface area contributed by atoms with Gasteiger partial charge in [-0.2, -0.15) is 0 Å². The number of likely N-dealkylation sites (N-methyl/N-ethyl adjacent to an activating group) is 1. The van der Waals surface area contributed by atoms with E-state index in [0.29, 0.717) is 6.04 Å². The van der Waals surface area contributed by atoms with E-state index in [4.69, 9.17) is 5.11 Å². The van der Waals surface area contributed by atoms with Gasteiger partial charge in [0.25, 0.3) is 0 Å². The number of carboxylic acids is 1. The molecule has 7 heteroatoms. The molecule has 0 aromatic carbocycles. The van der Waals surface area contributed by atoms with E-state index in [2.05, 4.69) is 19.8 Å². The van der Waals surface area contributed by atoms with Crippen LogP contribution < -0.4 is 4.90 Å². The van der Waals surface area contributed by atoms with Crippen molar-refractivity contribution in [1.82, 2.24) is 14.9 Å². The van der Waals surface area contributed by atoms with Crippen LogP contribution in [0.2, 0.25) is 0 Å². The van der Waals surface area contributed by atoms with Crippen molar-refractivity contribution in [3.63, 3.8) is 0 Å². The topological polar surface area (TPSA) is 69.6 Å². The first-order chi connectivity index (χ1) is 12.7. The van der Waals surface area contributed by atoms with E-state index >= 15 is 0 Å². The van der Waals surface area contributed by atoms with Crippen LogP contribution in [0.1, 0.15) is 43.0 Å². The molecule has 1 saturated heterocycles. The second-order valence-electron chi connectivity index (χ2n) is 7.26. The van der Waals surface area contributed by atoms with E-state index in [1.807, 2.05) is 18.3 Å². The second-order valence-corrected chi connectivity index (χ2v) is 8.35. The first kappa shape index (κ1) is 17.7. The van der Waals surface area contributed by atoms with Crippen molar-refractivity contribution in [1.29, 1.82) is 0 Å². The summed E-state index contributed by atoms with van der Waals surface area (Å²) in [6.07, 6.45) is 8.54. The molecule has 6 nitrogen and oxygen atoms in total. The van der Waals surface area contributed by atoms with Crippen LogP contribution in [0.15, 0.2) is 6.33 Å². The normalized spacial score (nSPS) is 18.5. The lowest BCUT2D eigenvalue weighted by atomic mass is 9.96. The van der Waals surface area contributed by atoms with E-state index < -0.39 is 5.97 Å². The number of aliphatic carboxylic acids is 1. The summed E-state index contributed by atoms with van der Waals surface area (Å²) >= 11 is 1.84. The molecule has 2 aliphatic rings. The second kappa shape index (κ2) is 7.48. The van der Waals surface area contributed by atoms with Gasteiger partial charge in [0, 0.05) is 24.0 Å². The number of anilines is 1. The van der Waals surface area contributed by atoms with Crippen molar-refractivity contribution < 1.29 is 9.90 Å². The van der Waals surface area contributed by atoms with E-state index in [-0.39, 0.29) is 6.54 Å². The Kier molecular flexibility index (Phi) is 5.09. The molecule has 140 valence electrons. The van der Waals surface area contributed by atoms with E-state index in [1.54, 1.807) is 6.33 Å². The number of carboxylic acid groups (broad SMARTS) is 1. The molecule has 0 radical (unpaired) electrons. The summed E-state index contributed by atoms with van der Waals surface area (Å²) in [4.78, 5) is 27.4. The standard InChI is InChI=1S/C19H26N4O2S/c1-2-22(11-16(24)25)13-7-9-23(10-8-13)18-17-14-5-3-4-6-15(14)26-19(17)21-12-20-18/h12-13H,2-11H2,1H3,(H,24,25). The van der Waals surface area contributed by atoms with Crippen LogP contribution in [0.3, 0.4) is 0 Å². The van der Waals surface area contributed by atoms with Crippen LogP contribution >= 0.6 is 11.3 Å². The lowest BCUT2D eigenvalue weighted by molar-refractivity contribution is -0.139. The first-order valence-electron chi connectivity index (χ1n) is 9.63. The number of hydrogen-bond donors (Lipinski definition) is 1. The number of fused-ring (bicyclic) bond motifs is 3. The van der Waals surface area contributed by atoms with Crippen molar-refractivity contribution in [2.24, 2.45) is 0 Å². The van der Waals surface area contributed by atoms with Crippen LogP contribution in [0, 0.1) is 0 Å². The highest BCUT2D eigenvalue weighted by Gasteiger charge is 2.28. The average molecular weight is 375 g/mol. The fraction of sp³-hybridized carbons (Fsp3) is 0.632. The molecule has 26 heavy (non-hydrogen) atoms. The Labute approximate surface area is 157 Å². The average Bonchev–Trinajstić information content (AvgIpc) is 3.05. The summed E-state index contributed by atoms with van der Waals surface area (Å²) in [5, 5.41) is 10.4. The highest BCUT2D eigenvalue weighted by atomic mass is 32.1. The number of hydrogen-bond acceptors (Lipinski definition) is 6. The third kappa shape index (κ3) is 3.30. The van der Waals surface area contributed by atoms with Gasteiger partial charge in [0.2, 0.25) is 0 Å². The fourth-order valence-corrected chi connectivity index (χ4v) is 5.65. The maximum Gasteiger partial charge on any atom is 0.317 e. The summed E-state index contributed by atoms with van der Waals surface area (Å²) in [5.41, 5.74) is 1.48. The highest BCUT2D eigenvalue weighted by Crippen LogP contribution is 2.39. The number of rotatable bonds is 5. The minimum atomic E-state index is -0.739. The van der Waals surface area contributed by atoms with Crippen LogP contribution in [0.5, 0.6) is 0 Å². The molecule has 0 bridgehead atoms. The third-order valence-electron chi connectivity index (χ3n) is 5.76. The number of piperidine rings is 1. The molecule has 0 unspecified atom stereocenters. The molecule has 1 fully saturated rings. The van der Waals surface area contributed by atoms with Crippen molar-refractivity contribution in [2.75, 3.05) is 31.1 Å². The Morgan fingerprint density at radius 3 is 2.81 bits per heavy atom. The molecule has 3 heterocycles. The molecule has 1 aliphatic heterocycles. The van der Waals surface area contributed by atoms with Gasteiger partial charge in [-0.1, -0.05) is 6.92 Å². The molecule has 0 amide bonds. The molecule has 2 aromatic rings. The molecule has 0 atom stereocenters.